The van der Waals surface area contributed by atoms with Crippen LogP contribution in [-0.2, 0) is 11.3 Å². The fourth-order valence-electron chi connectivity index (χ4n) is 4.33. The van der Waals surface area contributed by atoms with E-state index in [0.717, 1.165) is 69.8 Å². The van der Waals surface area contributed by atoms with Crippen LogP contribution in [0.2, 0.25) is 0 Å². The summed E-state index contributed by atoms with van der Waals surface area (Å²) in [5.74, 6) is 0.268. The van der Waals surface area contributed by atoms with Gasteiger partial charge in [-0.3, -0.25) is 24.4 Å². The maximum Gasteiger partial charge on any atom is 0.266 e. The van der Waals surface area contributed by atoms with Crippen molar-refractivity contribution in [2.75, 3.05) is 46.3 Å². The number of likely N-dealkylation sites (tertiary alicyclic amines) is 1. The minimum Gasteiger partial charge on any atom is -0.344 e. The minimum atomic E-state index is -0.0847. The van der Waals surface area contributed by atoms with Crippen molar-refractivity contribution >= 4 is 5.91 Å². The topological polar surface area (TPSA) is 74.6 Å². The lowest BCUT2D eigenvalue weighted by atomic mass is 10.1. The zero-order valence-corrected chi connectivity index (χ0v) is 17.6. The predicted molar refractivity (Wildman–Crippen MR) is 115 cm³/mol. The molecule has 1 unspecified atom stereocenters. The summed E-state index contributed by atoms with van der Waals surface area (Å²) < 4.78 is 1.55. The molecule has 4 heterocycles. The van der Waals surface area contributed by atoms with Crippen LogP contribution in [-0.4, -0.2) is 87.7 Å². The SMILES string of the molecule is CN1CCCCC(N2CCN(CCn3nc(-c4ccncc4)ccc3=O)CC2)C1=O. The molecule has 0 spiro atoms. The van der Waals surface area contributed by atoms with Crippen LogP contribution in [0.4, 0.5) is 0 Å². The Hall–Kier alpha value is -2.58. The molecule has 0 aliphatic carbocycles. The first-order chi connectivity index (χ1) is 14.6. The molecule has 0 N–H and O–H groups in total. The van der Waals surface area contributed by atoms with E-state index in [1.807, 2.05) is 24.1 Å². The average Bonchev–Trinajstić information content (AvgIpc) is 2.95. The van der Waals surface area contributed by atoms with Gasteiger partial charge in [-0.1, -0.05) is 0 Å². The van der Waals surface area contributed by atoms with Crippen molar-refractivity contribution in [1.82, 2.24) is 29.5 Å². The highest BCUT2D eigenvalue weighted by Gasteiger charge is 2.31. The van der Waals surface area contributed by atoms with E-state index in [1.165, 1.54) is 0 Å². The summed E-state index contributed by atoms with van der Waals surface area (Å²) in [6.07, 6.45) is 6.62. The van der Waals surface area contributed by atoms with Gasteiger partial charge in [-0.2, -0.15) is 5.10 Å². The summed E-state index contributed by atoms with van der Waals surface area (Å²) in [5, 5.41) is 4.53. The number of carbonyl (C=O) groups is 1. The smallest absolute Gasteiger partial charge is 0.266 e. The van der Waals surface area contributed by atoms with Gasteiger partial charge < -0.3 is 4.90 Å². The van der Waals surface area contributed by atoms with Crippen molar-refractivity contribution in [1.29, 1.82) is 0 Å². The lowest BCUT2D eigenvalue weighted by Crippen LogP contribution is -2.55. The first-order valence-corrected chi connectivity index (χ1v) is 10.8. The van der Waals surface area contributed by atoms with Crippen molar-refractivity contribution in [3.05, 3.63) is 47.0 Å². The highest BCUT2D eigenvalue weighted by Crippen LogP contribution is 2.18. The van der Waals surface area contributed by atoms with E-state index >= 15 is 0 Å². The van der Waals surface area contributed by atoms with Gasteiger partial charge >= 0.3 is 0 Å². The Bertz CT molecular complexity index is 907. The monoisotopic (exact) mass is 410 g/mol. The summed E-state index contributed by atoms with van der Waals surface area (Å²) in [4.78, 5) is 35.5. The fourth-order valence-corrected chi connectivity index (χ4v) is 4.33. The van der Waals surface area contributed by atoms with Gasteiger partial charge in [-0.05, 0) is 37.5 Å². The second-order valence-electron chi connectivity index (χ2n) is 8.16. The van der Waals surface area contributed by atoms with Crippen LogP contribution in [0.15, 0.2) is 41.5 Å². The lowest BCUT2D eigenvalue weighted by molar-refractivity contribution is -0.135. The van der Waals surface area contributed by atoms with Gasteiger partial charge in [-0.25, -0.2) is 4.68 Å². The minimum absolute atomic E-state index is 0.0287. The molecule has 0 radical (unpaired) electrons. The van der Waals surface area contributed by atoms with Crippen molar-refractivity contribution in [3.63, 3.8) is 0 Å². The third-order valence-electron chi connectivity index (χ3n) is 6.20. The molecule has 1 amide bonds. The van der Waals surface area contributed by atoms with Gasteiger partial charge in [0.15, 0.2) is 0 Å². The molecule has 8 heteroatoms. The summed E-state index contributed by atoms with van der Waals surface area (Å²) in [5.41, 5.74) is 1.64. The Balaban J connectivity index is 1.33. The number of rotatable bonds is 5. The molecule has 8 nitrogen and oxygen atoms in total. The molecule has 4 rings (SSSR count). The highest BCUT2D eigenvalue weighted by molar-refractivity contribution is 5.81. The summed E-state index contributed by atoms with van der Waals surface area (Å²) >= 11 is 0. The number of pyridine rings is 1. The molecule has 30 heavy (non-hydrogen) atoms. The molecule has 0 saturated carbocycles. The third kappa shape index (κ3) is 4.76. The second kappa shape index (κ2) is 9.49. The first kappa shape index (κ1) is 20.7. The average molecular weight is 411 g/mol. The summed E-state index contributed by atoms with van der Waals surface area (Å²) in [6.45, 7) is 5.81. The molecular formula is C22H30N6O2. The second-order valence-corrected chi connectivity index (χ2v) is 8.16. The van der Waals surface area contributed by atoms with Crippen LogP contribution >= 0.6 is 0 Å². The van der Waals surface area contributed by atoms with Crippen molar-refractivity contribution in [3.8, 4) is 11.3 Å². The lowest BCUT2D eigenvalue weighted by Gasteiger charge is -2.39. The predicted octanol–water partition coefficient (Wildman–Crippen LogP) is 0.934. The Morgan fingerprint density at radius 3 is 2.47 bits per heavy atom. The number of hydrogen-bond donors (Lipinski definition) is 0. The zero-order chi connectivity index (χ0) is 20.9. The molecule has 160 valence electrons. The number of piperazine rings is 1. The van der Waals surface area contributed by atoms with E-state index in [-0.39, 0.29) is 17.5 Å². The van der Waals surface area contributed by atoms with Crippen LogP contribution in [0, 0.1) is 0 Å². The standard InChI is InChI=1S/C22H30N6O2/c1-25-11-3-2-4-20(22(25)30)27-15-12-26(13-16-27)14-17-28-21(29)6-5-19(24-28)18-7-9-23-10-8-18/h5-10,20H,2-4,11-17H2,1H3. The highest BCUT2D eigenvalue weighted by atomic mass is 16.2. The van der Waals surface area contributed by atoms with Gasteiger partial charge in [0.1, 0.15) is 0 Å². The fraction of sp³-hybridized carbons (Fsp3) is 0.545. The molecule has 2 fully saturated rings. The van der Waals surface area contributed by atoms with Crippen LogP contribution in [0.3, 0.4) is 0 Å². The number of amides is 1. The molecule has 0 bridgehead atoms. The molecule has 2 aliphatic rings. The molecule has 2 aromatic heterocycles. The van der Waals surface area contributed by atoms with E-state index in [1.54, 1.807) is 29.2 Å². The maximum atomic E-state index is 12.6. The Labute approximate surface area is 177 Å². The van der Waals surface area contributed by atoms with Crippen LogP contribution in [0.1, 0.15) is 19.3 Å². The van der Waals surface area contributed by atoms with Gasteiger partial charge in [0.05, 0.1) is 18.3 Å². The van der Waals surface area contributed by atoms with Gasteiger partial charge in [0, 0.05) is 70.3 Å². The molecule has 2 saturated heterocycles. The number of aromatic nitrogens is 3. The number of hydrogen-bond acceptors (Lipinski definition) is 6. The Kier molecular flexibility index (Phi) is 6.54. The van der Waals surface area contributed by atoms with E-state index in [0.29, 0.717) is 6.54 Å². The molecule has 2 aromatic rings. The Morgan fingerprint density at radius 2 is 1.70 bits per heavy atom. The van der Waals surface area contributed by atoms with Crippen LogP contribution in [0.25, 0.3) is 11.3 Å². The summed E-state index contributed by atoms with van der Waals surface area (Å²) in [6, 6.07) is 7.15. The van der Waals surface area contributed by atoms with E-state index in [4.69, 9.17) is 0 Å². The normalized spacial score (nSPS) is 21.6. The zero-order valence-electron chi connectivity index (χ0n) is 17.6. The van der Waals surface area contributed by atoms with Gasteiger partial charge in [0.2, 0.25) is 5.91 Å². The van der Waals surface area contributed by atoms with E-state index < -0.39 is 0 Å². The van der Waals surface area contributed by atoms with E-state index in [9.17, 15) is 9.59 Å². The molecule has 1 atom stereocenters. The van der Waals surface area contributed by atoms with Crippen LogP contribution in [0.5, 0.6) is 0 Å². The quantitative estimate of drug-likeness (QED) is 0.730. The first-order valence-electron chi connectivity index (χ1n) is 10.8. The van der Waals surface area contributed by atoms with Crippen molar-refractivity contribution in [2.45, 2.75) is 31.8 Å². The van der Waals surface area contributed by atoms with Crippen molar-refractivity contribution < 1.29 is 4.79 Å². The van der Waals surface area contributed by atoms with Crippen LogP contribution < -0.4 is 5.56 Å². The van der Waals surface area contributed by atoms with Gasteiger partial charge in [-0.15, -0.1) is 0 Å². The maximum absolute atomic E-state index is 12.6. The Morgan fingerprint density at radius 1 is 0.933 bits per heavy atom. The number of nitrogens with zero attached hydrogens (tertiary/aromatic N) is 6. The third-order valence-corrected chi connectivity index (χ3v) is 6.20. The van der Waals surface area contributed by atoms with Crippen molar-refractivity contribution in [2.24, 2.45) is 0 Å². The number of likely N-dealkylation sites (N-methyl/N-ethyl adjacent to an activating group) is 1. The molecule has 2 aliphatic heterocycles. The largest absolute Gasteiger partial charge is 0.344 e. The molecular weight excluding hydrogens is 380 g/mol. The molecule has 0 aromatic carbocycles. The van der Waals surface area contributed by atoms with E-state index in [2.05, 4.69) is 19.9 Å². The van der Waals surface area contributed by atoms with Gasteiger partial charge in [0.25, 0.3) is 5.56 Å². The number of carbonyl (C=O) groups excluding carboxylic acids is 1. The summed E-state index contributed by atoms with van der Waals surface area (Å²) in [7, 11) is 1.92.